The van der Waals surface area contributed by atoms with Gasteiger partial charge in [-0.1, -0.05) is 25.9 Å². The standard InChI is InChI=1S/C14H24N2O2/c1-4-5-15-14(9-17-10-14)8-12-7-13(18-16-12)6-11(2)3/h7,11,15H,4-6,8-10H2,1-3H3. The van der Waals surface area contributed by atoms with Crippen molar-refractivity contribution in [3.8, 4) is 0 Å². The molecule has 1 aromatic rings. The topological polar surface area (TPSA) is 47.3 Å². The largest absolute Gasteiger partial charge is 0.377 e. The van der Waals surface area contributed by atoms with E-state index < -0.39 is 0 Å². The molecule has 1 aliphatic heterocycles. The molecule has 18 heavy (non-hydrogen) atoms. The maximum absolute atomic E-state index is 5.38. The van der Waals surface area contributed by atoms with Crippen molar-refractivity contribution in [3.05, 3.63) is 17.5 Å². The molecule has 0 spiro atoms. The second kappa shape index (κ2) is 5.85. The lowest BCUT2D eigenvalue weighted by Gasteiger charge is -2.42. The summed E-state index contributed by atoms with van der Waals surface area (Å²) in [6.45, 7) is 9.13. The molecule has 1 saturated heterocycles. The van der Waals surface area contributed by atoms with Crippen LogP contribution in [0.2, 0.25) is 0 Å². The molecule has 0 bridgehead atoms. The Hall–Kier alpha value is -0.870. The number of hydrogen-bond acceptors (Lipinski definition) is 4. The summed E-state index contributed by atoms with van der Waals surface area (Å²) >= 11 is 0. The molecule has 2 rings (SSSR count). The minimum atomic E-state index is 0.0853. The molecule has 1 aliphatic rings. The van der Waals surface area contributed by atoms with Gasteiger partial charge in [-0.25, -0.2) is 0 Å². The monoisotopic (exact) mass is 252 g/mol. The fourth-order valence-corrected chi connectivity index (χ4v) is 2.29. The van der Waals surface area contributed by atoms with Crippen LogP contribution in [-0.4, -0.2) is 30.5 Å². The van der Waals surface area contributed by atoms with Crippen LogP contribution in [0, 0.1) is 5.92 Å². The van der Waals surface area contributed by atoms with Crippen molar-refractivity contribution < 1.29 is 9.26 Å². The minimum absolute atomic E-state index is 0.0853. The first kappa shape index (κ1) is 13.6. The van der Waals surface area contributed by atoms with Crippen molar-refractivity contribution in [2.75, 3.05) is 19.8 Å². The number of ether oxygens (including phenoxy) is 1. The van der Waals surface area contributed by atoms with Crippen molar-refractivity contribution in [3.63, 3.8) is 0 Å². The van der Waals surface area contributed by atoms with Crippen LogP contribution in [0.15, 0.2) is 10.6 Å². The summed E-state index contributed by atoms with van der Waals surface area (Å²) in [4.78, 5) is 0. The highest BCUT2D eigenvalue weighted by Crippen LogP contribution is 2.23. The van der Waals surface area contributed by atoms with Crippen molar-refractivity contribution in [1.29, 1.82) is 0 Å². The summed E-state index contributed by atoms with van der Waals surface area (Å²) in [6, 6.07) is 2.09. The SMILES string of the molecule is CCCNC1(Cc2cc(CC(C)C)on2)COC1. The third-order valence-corrected chi connectivity index (χ3v) is 3.24. The summed E-state index contributed by atoms with van der Waals surface area (Å²) in [5.41, 5.74) is 1.12. The first-order valence-corrected chi connectivity index (χ1v) is 6.91. The van der Waals surface area contributed by atoms with Crippen LogP contribution in [-0.2, 0) is 17.6 Å². The Bertz CT molecular complexity index is 370. The van der Waals surface area contributed by atoms with Crippen molar-refractivity contribution in [2.24, 2.45) is 5.92 Å². The van der Waals surface area contributed by atoms with Gasteiger partial charge in [-0.3, -0.25) is 0 Å². The molecule has 0 aromatic carbocycles. The third kappa shape index (κ3) is 3.33. The van der Waals surface area contributed by atoms with Gasteiger partial charge >= 0.3 is 0 Å². The highest BCUT2D eigenvalue weighted by Gasteiger charge is 2.38. The van der Waals surface area contributed by atoms with Gasteiger partial charge < -0.3 is 14.6 Å². The van der Waals surface area contributed by atoms with Gasteiger partial charge in [0.25, 0.3) is 0 Å². The van der Waals surface area contributed by atoms with E-state index in [-0.39, 0.29) is 5.54 Å². The van der Waals surface area contributed by atoms with Crippen LogP contribution in [0.5, 0.6) is 0 Å². The van der Waals surface area contributed by atoms with E-state index in [0.717, 1.165) is 50.5 Å². The van der Waals surface area contributed by atoms with Crippen molar-refractivity contribution in [1.82, 2.24) is 10.5 Å². The summed E-state index contributed by atoms with van der Waals surface area (Å²) in [6.07, 6.45) is 2.99. The van der Waals surface area contributed by atoms with Gasteiger partial charge in [-0.2, -0.15) is 0 Å². The lowest BCUT2D eigenvalue weighted by molar-refractivity contribution is -0.0743. The lowest BCUT2D eigenvalue weighted by Crippen LogP contribution is -2.62. The highest BCUT2D eigenvalue weighted by molar-refractivity contribution is 5.12. The summed E-state index contributed by atoms with van der Waals surface area (Å²) in [5.74, 6) is 1.59. The van der Waals surface area contributed by atoms with Crippen LogP contribution in [0.3, 0.4) is 0 Å². The summed E-state index contributed by atoms with van der Waals surface area (Å²) in [7, 11) is 0. The van der Waals surface area contributed by atoms with Gasteiger partial charge in [-0.15, -0.1) is 0 Å². The zero-order valence-corrected chi connectivity index (χ0v) is 11.7. The van der Waals surface area contributed by atoms with Crippen LogP contribution < -0.4 is 5.32 Å². The van der Waals surface area contributed by atoms with Crippen LogP contribution in [0.25, 0.3) is 0 Å². The zero-order valence-electron chi connectivity index (χ0n) is 11.7. The van der Waals surface area contributed by atoms with E-state index in [1.807, 2.05) is 0 Å². The number of nitrogens with one attached hydrogen (secondary N) is 1. The Morgan fingerprint density at radius 1 is 1.44 bits per heavy atom. The molecule has 0 atom stereocenters. The Balaban J connectivity index is 1.93. The van der Waals surface area contributed by atoms with E-state index in [9.17, 15) is 0 Å². The van der Waals surface area contributed by atoms with Gasteiger partial charge in [0, 0.05) is 18.9 Å². The Kier molecular flexibility index (Phi) is 4.40. The van der Waals surface area contributed by atoms with Gasteiger partial charge in [-0.05, 0) is 18.9 Å². The molecule has 1 fully saturated rings. The molecule has 0 unspecified atom stereocenters. The van der Waals surface area contributed by atoms with E-state index in [1.165, 1.54) is 0 Å². The quantitative estimate of drug-likeness (QED) is 0.808. The van der Waals surface area contributed by atoms with E-state index in [4.69, 9.17) is 9.26 Å². The van der Waals surface area contributed by atoms with E-state index in [0.29, 0.717) is 5.92 Å². The number of aromatic nitrogens is 1. The van der Waals surface area contributed by atoms with Crippen molar-refractivity contribution >= 4 is 0 Å². The van der Waals surface area contributed by atoms with E-state index in [1.54, 1.807) is 0 Å². The highest BCUT2D eigenvalue weighted by atomic mass is 16.5. The summed E-state index contributed by atoms with van der Waals surface area (Å²) < 4.78 is 10.7. The van der Waals surface area contributed by atoms with E-state index in [2.05, 4.69) is 37.3 Å². The molecular weight excluding hydrogens is 228 g/mol. The summed E-state index contributed by atoms with van der Waals surface area (Å²) in [5, 5.41) is 7.75. The maximum Gasteiger partial charge on any atom is 0.137 e. The minimum Gasteiger partial charge on any atom is -0.377 e. The first-order valence-electron chi connectivity index (χ1n) is 6.91. The smallest absolute Gasteiger partial charge is 0.137 e. The predicted molar refractivity (Wildman–Crippen MR) is 70.6 cm³/mol. The molecular formula is C14H24N2O2. The average molecular weight is 252 g/mol. The molecule has 102 valence electrons. The Morgan fingerprint density at radius 3 is 2.78 bits per heavy atom. The normalized spacial score (nSPS) is 18.0. The molecule has 0 aliphatic carbocycles. The molecule has 4 heteroatoms. The van der Waals surface area contributed by atoms with Crippen LogP contribution >= 0.6 is 0 Å². The second-order valence-corrected chi connectivity index (χ2v) is 5.76. The zero-order chi connectivity index (χ0) is 13.0. The predicted octanol–water partition coefficient (Wildman–Crippen LogP) is 2.18. The fourth-order valence-electron chi connectivity index (χ4n) is 2.29. The van der Waals surface area contributed by atoms with Crippen LogP contribution in [0.1, 0.15) is 38.6 Å². The van der Waals surface area contributed by atoms with Gasteiger partial charge in [0.1, 0.15) is 5.76 Å². The Morgan fingerprint density at radius 2 is 2.22 bits per heavy atom. The molecule has 0 amide bonds. The average Bonchev–Trinajstić information content (AvgIpc) is 2.68. The Labute approximate surface area is 109 Å². The lowest BCUT2D eigenvalue weighted by atomic mass is 9.91. The maximum atomic E-state index is 5.38. The molecule has 1 N–H and O–H groups in total. The fraction of sp³-hybridized carbons (Fsp3) is 0.786. The molecule has 0 radical (unpaired) electrons. The van der Waals surface area contributed by atoms with Gasteiger partial charge in [0.05, 0.1) is 24.4 Å². The van der Waals surface area contributed by atoms with Gasteiger partial charge in [0.15, 0.2) is 0 Å². The molecule has 0 saturated carbocycles. The van der Waals surface area contributed by atoms with Crippen LogP contribution in [0.4, 0.5) is 0 Å². The molecule has 2 heterocycles. The third-order valence-electron chi connectivity index (χ3n) is 3.24. The number of nitrogens with zero attached hydrogens (tertiary/aromatic N) is 1. The number of hydrogen-bond donors (Lipinski definition) is 1. The first-order chi connectivity index (χ1) is 8.63. The van der Waals surface area contributed by atoms with E-state index >= 15 is 0 Å². The van der Waals surface area contributed by atoms with Gasteiger partial charge in [0.2, 0.25) is 0 Å². The second-order valence-electron chi connectivity index (χ2n) is 5.76. The van der Waals surface area contributed by atoms with Crippen molar-refractivity contribution in [2.45, 2.75) is 45.6 Å². The molecule has 1 aromatic heterocycles. The number of rotatable bonds is 7. The molecule has 4 nitrogen and oxygen atoms in total.